The predicted octanol–water partition coefficient (Wildman–Crippen LogP) is 3.75. The number of halogens is 1. The van der Waals surface area contributed by atoms with Crippen molar-refractivity contribution in [2.75, 3.05) is 12.5 Å². The maximum absolute atomic E-state index is 10.6. The Balaban J connectivity index is 2.97. The molecule has 0 saturated carbocycles. The van der Waals surface area contributed by atoms with E-state index in [1.165, 1.54) is 0 Å². The zero-order valence-corrected chi connectivity index (χ0v) is 11.1. The number of carboxylic acid groups (broad SMARTS) is 1. The van der Waals surface area contributed by atoms with Crippen LogP contribution in [-0.4, -0.2) is 23.6 Å². The number of aliphatic carboxylic acids is 1. The third-order valence-corrected chi connectivity index (χ3v) is 4.09. The van der Waals surface area contributed by atoms with Crippen LogP contribution in [-0.2, 0) is 4.79 Å². The van der Waals surface area contributed by atoms with Gasteiger partial charge in [-0.1, -0.05) is 22.8 Å². The van der Waals surface area contributed by atoms with Crippen LogP contribution in [0.25, 0.3) is 6.08 Å². The van der Waals surface area contributed by atoms with Gasteiger partial charge >= 0.3 is 5.97 Å². The summed E-state index contributed by atoms with van der Waals surface area (Å²) in [6, 6.07) is 7.67. The normalized spacial score (nSPS) is 13.6. The first-order valence-corrected chi connectivity index (χ1v) is 8.03. The number of rotatable bonds is 3. The van der Waals surface area contributed by atoms with E-state index in [-0.39, 0.29) is 0 Å². The van der Waals surface area contributed by atoms with Crippen LogP contribution in [0.1, 0.15) is 12.5 Å². The molecule has 0 unspecified atom stereocenters. The Morgan fingerprint density at radius 1 is 1.31 bits per heavy atom. The lowest BCUT2D eigenvalue weighted by Gasteiger charge is -2.22. The van der Waals surface area contributed by atoms with Crippen LogP contribution >= 0.6 is 19.9 Å². The van der Waals surface area contributed by atoms with Crippen molar-refractivity contribution < 1.29 is 9.90 Å². The van der Waals surface area contributed by atoms with E-state index in [0.717, 1.165) is 10.5 Å². The molecule has 0 amide bonds. The molecule has 0 heterocycles. The molecule has 0 saturated heterocycles. The molecule has 4 heteroatoms. The van der Waals surface area contributed by atoms with Crippen molar-refractivity contribution in [3.63, 3.8) is 0 Å². The highest BCUT2D eigenvalue weighted by molar-refractivity contribution is 8.50. The van der Waals surface area contributed by atoms with Crippen molar-refractivity contribution in [1.82, 2.24) is 0 Å². The molecule has 0 atom stereocenters. The molecule has 0 aromatic heterocycles. The summed E-state index contributed by atoms with van der Waals surface area (Å²) in [6.45, 7) is 1.58. The molecule has 2 nitrogen and oxygen atoms in total. The number of benzene rings is 1. The zero-order valence-electron chi connectivity index (χ0n) is 9.53. The van der Waals surface area contributed by atoms with Gasteiger partial charge in [0.25, 0.3) is 0 Å². The Bertz CT molecular complexity index is 416. The van der Waals surface area contributed by atoms with Crippen LogP contribution in [0.3, 0.4) is 0 Å². The molecule has 0 radical (unpaired) electrons. The first-order valence-electron chi connectivity index (χ1n) is 4.75. The molecule has 88 valence electrons. The Morgan fingerprint density at radius 3 is 2.19 bits per heavy atom. The number of hydrogen-bond donors (Lipinski definition) is 1. The average molecular weight is 259 g/mol. The summed E-state index contributed by atoms with van der Waals surface area (Å²) >= 11 is 0. The van der Waals surface area contributed by atoms with Gasteiger partial charge in [0, 0.05) is 10.5 Å². The standard InChI is InChI=1S/C12H15ClO2S/c1-9(12(14)15)8-10-4-6-11(7-5-10)16(2,3)13/h4-8H,1-3H3,(H,14,15). The molecule has 0 bridgehead atoms. The molecular weight excluding hydrogens is 244 g/mol. The molecule has 0 fully saturated rings. The molecule has 0 aliphatic rings. The van der Waals surface area contributed by atoms with Gasteiger partial charge in [0.2, 0.25) is 0 Å². The van der Waals surface area contributed by atoms with Gasteiger partial charge in [-0.3, -0.25) is 0 Å². The van der Waals surface area contributed by atoms with Crippen LogP contribution in [0, 0.1) is 0 Å². The van der Waals surface area contributed by atoms with Gasteiger partial charge in [-0.2, -0.15) is 0 Å². The fourth-order valence-corrected chi connectivity index (χ4v) is 2.29. The Kier molecular flexibility index (Phi) is 4.05. The minimum absolute atomic E-state index is 0.324. The molecule has 1 aromatic rings. The molecule has 0 spiro atoms. The van der Waals surface area contributed by atoms with E-state index >= 15 is 0 Å². The SMILES string of the molecule is CC(=Cc1ccc(S(C)(C)Cl)cc1)C(=O)O. The van der Waals surface area contributed by atoms with Gasteiger partial charge < -0.3 is 5.11 Å². The quantitative estimate of drug-likeness (QED) is 0.839. The summed E-state index contributed by atoms with van der Waals surface area (Å²) in [5, 5.41) is 8.74. The minimum atomic E-state index is -1.23. The van der Waals surface area contributed by atoms with Crippen molar-refractivity contribution >= 4 is 32.0 Å². The van der Waals surface area contributed by atoms with Crippen LogP contribution < -0.4 is 0 Å². The van der Waals surface area contributed by atoms with Gasteiger partial charge in [-0.15, -0.1) is 9.24 Å². The predicted molar refractivity (Wildman–Crippen MR) is 71.3 cm³/mol. The van der Waals surface area contributed by atoms with Gasteiger partial charge in [0.1, 0.15) is 0 Å². The number of carboxylic acids is 1. The van der Waals surface area contributed by atoms with Crippen molar-refractivity contribution in [2.45, 2.75) is 11.8 Å². The van der Waals surface area contributed by atoms with Gasteiger partial charge in [-0.25, -0.2) is 4.79 Å². The van der Waals surface area contributed by atoms with E-state index in [9.17, 15) is 4.79 Å². The summed E-state index contributed by atoms with van der Waals surface area (Å²) in [4.78, 5) is 11.7. The van der Waals surface area contributed by atoms with Crippen molar-refractivity contribution in [3.8, 4) is 0 Å². The third kappa shape index (κ3) is 3.58. The Morgan fingerprint density at radius 2 is 1.81 bits per heavy atom. The maximum atomic E-state index is 10.6. The Hall–Kier alpha value is -0.930. The largest absolute Gasteiger partial charge is 0.478 e. The number of hydrogen-bond acceptors (Lipinski definition) is 1. The maximum Gasteiger partial charge on any atom is 0.331 e. The third-order valence-electron chi connectivity index (χ3n) is 2.16. The summed E-state index contributed by atoms with van der Waals surface area (Å²) in [7, 11) is 5.01. The smallest absolute Gasteiger partial charge is 0.331 e. The van der Waals surface area contributed by atoms with Crippen LogP contribution in [0.15, 0.2) is 34.7 Å². The minimum Gasteiger partial charge on any atom is -0.478 e. The fourth-order valence-electron chi connectivity index (χ4n) is 1.20. The highest BCUT2D eigenvalue weighted by Crippen LogP contribution is 2.53. The summed E-state index contributed by atoms with van der Waals surface area (Å²) in [6.07, 6.45) is 5.65. The molecule has 1 aromatic carbocycles. The van der Waals surface area contributed by atoms with E-state index in [0.29, 0.717) is 5.57 Å². The Labute approximate surface area is 102 Å². The lowest BCUT2D eigenvalue weighted by atomic mass is 10.1. The van der Waals surface area contributed by atoms with E-state index in [1.54, 1.807) is 13.0 Å². The average Bonchev–Trinajstić information content (AvgIpc) is 2.17. The summed E-state index contributed by atoms with van der Waals surface area (Å²) < 4.78 is 0. The summed E-state index contributed by atoms with van der Waals surface area (Å²) in [5.41, 5.74) is 1.20. The van der Waals surface area contributed by atoms with Crippen LogP contribution in [0.2, 0.25) is 0 Å². The van der Waals surface area contributed by atoms with E-state index in [4.69, 9.17) is 15.8 Å². The summed E-state index contributed by atoms with van der Waals surface area (Å²) in [5.74, 6) is -0.896. The van der Waals surface area contributed by atoms with Crippen molar-refractivity contribution in [2.24, 2.45) is 0 Å². The van der Waals surface area contributed by atoms with Crippen LogP contribution in [0.4, 0.5) is 0 Å². The van der Waals surface area contributed by atoms with Gasteiger partial charge in [0.05, 0.1) is 0 Å². The van der Waals surface area contributed by atoms with Crippen LogP contribution in [0.5, 0.6) is 0 Å². The van der Waals surface area contributed by atoms with Gasteiger partial charge in [0.15, 0.2) is 0 Å². The second-order valence-electron chi connectivity index (χ2n) is 3.90. The molecule has 1 N–H and O–H groups in total. The van der Waals surface area contributed by atoms with E-state index in [1.807, 2.05) is 36.8 Å². The van der Waals surface area contributed by atoms with Crippen molar-refractivity contribution in [1.29, 1.82) is 0 Å². The second-order valence-corrected chi connectivity index (χ2v) is 9.09. The zero-order chi connectivity index (χ0) is 12.3. The highest BCUT2D eigenvalue weighted by atomic mass is 35.7. The first kappa shape index (κ1) is 13.1. The number of carbonyl (C=O) groups is 1. The molecule has 16 heavy (non-hydrogen) atoms. The molecule has 0 aliphatic carbocycles. The molecule has 0 aliphatic heterocycles. The lowest BCUT2D eigenvalue weighted by Crippen LogP contribution is -1.95. The first-order chi connectivity index (χ1) is 7.30. The lowest BCUT2D eigenvalue weighted by molar-refractivity contribution is -0.132. The second kappa shape index (κ2) is 4.93. The van der Waals surface area contributed by atoms with Crippen molar-refractivity contribution in [3.05, 3.63) is 35.4 Å². The fraction of sp³-hybridized carbons (Fsp3) is 0.250. The molecule has 1 rings (SSSR count). The monoisotopic (exact) mass is 258 g/mol. The van der Waals surface area contributed by atoms with E-state index in [2.05, 4.69) is 0 Å². The highest BCUT2D eigenvalue weighted by Gasteiger charge is 2.09. The topological polar surface area (TPSA) is 37.3 Å². The molecular formula is C12H15ClO2S. The van der Waals surface area contributed by atoms with E-state index < -0.39 is 15.2 Å². The van der Waals surface area contributed by atoms with Gasteiger partial charge in [-0.05, 0) is 43.2 Å².